The molecule has 1 aromatic carbocycles. The van der Waals surface area contributed by atoms with Crippen molar-refractivity contribution in [2.45, 2.75) is 70.1 Å². The van der Waals surface area contributed by atoms with E-state index in [4.69, 9.17) is 15.9 Å². The van der Waals surface area contributed by atoms with Crippen molar-refractivity contribution in [2.75, 3.05) is 0 Å². The van der Waals surface area contributed by atoms with Gasteiger partial charge in [-0.05, 0) is 30.4 Å². The van der Waals surface area contributed by atoms with E-state index >= 15 is 0 Å². The molecule has 0 aliphatic carbocycles. The Hall–Kier alpha value is -4.46. The summed E-state index contributed by atoms with van der Waals surface area (Å²) in [6.45, 7) is 3.56. The first-order valence-electron chi connectivity index (χ1n) is 12.7. The molecule has 9 N–H and O–H groups in total. The number of hydrogen-bond donors (Lipinski definition) is 8. The van der Waals surface area contributed by atoms with E-state index in [9.17, 15) is 33.9 Å². The highest BCUT2D eigenvalue weighted by Crippen LogP contribution is 2.19. The summed E-state index contributed by atoms with van der Waals surface area (Å²) in [7, 11) is 0. The molecule has 14 heteroatoms. The molecule has 4 atom stereocenters. The summed E-state index contributed by atoms with van der Waals surface area (Å²) in [5.41, 5.74) is 7.13. The minimum absolute atomic E-state index is 0.0340. The third-order valence-electron chi connectivity index (χ3n) is 6.06. The molecular weight excluding hydrogens is 526 g/mol. The average molecular weight is 562 g/mol. The predicted molar refractivity (Wildman–Crippen MR) is 142 cm³/mol. The maximum absolute atomic E-state index is 13.4. The van der Waals surface area contributed by atoms with E-state index in [-0.39, 0.29) is 25.2 Å². The van der Waals surface area contributed by atoms with Crippen molar-refractivity contribution in [1.29, 1.82) is 0 Å². The van der Waals surface area contributed by atoms with Gasteiger partial charge in [-0.25, -0.2) is 4.79 Å². The van der Waals surface area contributed by atoms with Gasteiger partial charge in [-0.2, -0.15) is 0 Å². The fraction of sp³-hybridized carbons (Fsp3) is 0.462. The van der Waals surface area contributed by atoms with Crippen LogP contribution in [0.25, 0.3) is 10.9 Å². The number of fused-ring (bicyclic) bond motifs is 1. The second kappa shape index (κ2) is 14.6. The molecule has 0 aliphatic heterocycles. The summed E-state index contributed by atoms with van der Waals surface area (Å²) < 4.78 is 0. The molecule has 1 heterocycles. The SMILES string of the molecule is CC(C)C[C@H](NC(=O)[C@H](Cc1c[nH]c2ccccc12)NC(=O)[C@@H](N)CC(=O)O)C(=O)N[C@@H](CCC(=O)O)C(=O)O. The third kappa shape index (κ3) is 9.69. The zero-order chi connectivity index (χ0) is 30.0. The monoisotopic (exact) mass is 561 g/mol. The molecule has 0 bridgehead atoms. The highest BCUT2D eigenvalue weighted by atomic mass is 16.4. The van der Waals surface area contributed by atoms with E-state index in [1.807, 2.05) is 18.2 Å². The van der Waals surface area contributed by atoms with Gasteiger partial charge in [-0.15, -0.1) is 0 Å². The summed E-state index contributed by atoms with van der Waals surface area (Å²) in [4.78, 5) is 75.7. The normalized spacial score (nSPS) is 14.1. The van der Waals surface area contributed by atoms with E-state index in [1.165, 1.54) is 0 Å². The number of hydrogen-bond acceptors (Lipinski definition) is 7. The van der Waals surface area contributed by atoms with Crippen LogP contribution in [0, 0.1) is 5.92 Å². The molecule has 40 heavy (non-hydrogen) atoms. The highest BCUT2D eigenvalue weighted by molar-refractivity contribution is 5.95. The van der Waals surface area contributed by atoms with Crippen molar-refractivity contribution in [1.82, 2.24) is 20.9 Å². The molecule has 2 rings (SSSR count). The number of aromatic amines is 1. The van der Waals surface area contributed by atoms with Gasteiger partial charge in [-0.3, -0.25) is 24.0 Å². The molecule has 0 radical (unpaired) electrons. The van der Waals surface area contributed by atoms with Crippen LogP contribution in [-0.4, -0.2) is 80.1 Å². The molecule has 0 saturated carbocycles. The van der Waals surface area contributed by atoms with E-state index < -0.39 is 72.6 Å². The number of carboxylic acid groups (broad SMARTS) is 3. The number of carboxylic acids is 3. The highest BCUT2D eigenvalue weighted by Gasteiger charge is 2.31. The summed E-state index contributed by atoms with van der Waals surface area (Å²) in [5.74, 6) is -6.58. The van der Waals surface area contributed by atoms with Crippen LogP contribution in [0.5, 0.6) is 0 Å². The van der Waals surface area contributed by atoms with Gasteiger partial charge in [0.25, 0.3) is 0 Å². The number of aromatic nitrogens is 1. The Morgan fingerprint density at radius 1 is 0.850 bits per heavy atom. The fourth-order valence-electron chi connectivity index (χ4n) is 4.06. The lowest BCUT2D eigenvalue weighted by atomic mass is 10.00. The number of H-pyrrole nitrogens is 1. The van der Waals surface area contributed by atoms with Crippen LogP contribution in [-0.2, 0) is 35.2 Å². The maximum atomic E-state index is 13.4. The molecule has 0 saturated heterocycles. The van der Waals surface area contributed by atoms with Crippen molar-refractivity contribution in [2.24, 2.45) is 11.7 Å². The van der Waals surface area contributed by atoms with E-state index in [0.29, 0.717) is 5.56 Å². The molecule has 0 fully saturated rings. The molecule has 0 spiro atoms. The molecule has 14 nitrogen and oxygen atoms in total. The fourth-order valence-corrected chi connectivity index (χ4v) is 4.06. The second-order valence-electron chi connectivity index (χ2n) is 9.85. The lowest BCUT2D eigenvalue weighted by Crippen LogP contribution is -2.58. The van der Waals surface area contributed by atoms with Crippen LogP contribution in [0.4, 0.5) is 0 Å². The number of carbonyl (C=O) groups excluding carboxylic acids is 3. The average Bonchev–Trinajstić information content (AvgIpc) is 3.27. The topological polar surface area (TPSA) is 241 Å². The Morgan fingerprint density at radius 2 is 1.45 bits per heavy atom. The van der Waals surface area contributed by atoms with Gasteiger partial charge in [0, 0.05) is 29.9 Å². The first-order chi connectivity index (χ1) is 18.8. The van der Waals surface area contributed by atoms with Crippen LogP contribution in [0.1, 0.15) is 45.1 Å². The number of nitrogens with one attached hydrogen (secondary N) is 4. The van der Waals surface area contributed by atoms with Crippen molar-refractivity contribution in [3.63, 3.8) is 0 Å². The lowest BCUT2D eigenvalue weighted by molar-refractivity contribution is -0.143. The minimum atomic E-state index is -1.49. The number of rotatable bonds is 16. The van der Waals surface area contributed by atoms with Gasteiger partial charge in [0.1, 0.15) is 18.1 Å². The largest absolute Gasteiger partial charge is 0.481 e. The van der Waals surface area contributed by atoms with Gasteiger partial charge >= 0.3 is 17.9 Å². The van der Waals surface area contributed by atoms with E-state index in [2.05, 4.69) is 20.9 Å². The van der Waals surface area contributed by atoms with E-state index in [1.54, 1.807) is 26.1 Å². The van der Waals surface area contributed by atoms with Crippen molar-refractivity contribution >= 4 is 46.5 Å². The molecule has 1 aromatic heterocycles. The smallest absolute Gasteiger partial charge is 0.326 e. The molecular formula is C26H35N5O9. The maximum Gasteiger partial charge on any atom is 0.326 e. The zero-order valence-electron chi connectivity index (χ0n) is 22.2. The Kier molecular flexibility index (Phi) is 11.6. The quantitative estimate of drug-likeness (QED) is 0.136. The van der Waals surface area contributed by atoms with Crippen LogP contribution < -0.4 is 21.7 Å². The first kappa shape index (κ1) is 31.8. The van der Waals surface area contributed by atoms with Gasteiger partial charge < -0.3 is 42.0 Å². The second-order valence-corrected chi connectivity index (χ2v) is 9.85. The molecule has 0 unspecified atom stereocenters. The number of benzene rings is 1. The first-order valence-corrected chi connectivity index (χ1v) is 12.7. The molecule has 2 aromatic rings. The summed E-state index contributed by atoms with van der Waals surface area (Å²) in [6, 6.07) is 1.83. The van der Waals surface area contributed by atoms with Crippen LogP contribution >= 0.6 is 0 Å². The number of amides is 3. The Bertz CT molecular complexity index is 1240. The Balaban J connectivity index is 2.30. The Labute approximate surface area is 229 Å². The molecule has 0 aliphatic rings. The van der Waals surface area contributed by atoms with Crippen LogP contribution in [0.2, 0.25) is 0 Å². The number of para-hydroxylation sites is 1. The van der Waals surface area contributed by atoms with Crippen molar-refractivity contribution in [3.8, 4) is 0 Å². The number of aliphatic carboxylic acids is 3. The van der Waals surface area contributed by atoms with Gasteiger partial charge in [0.15, 0.2) is 0 Å². The summed E-state index contributed by atoms with van der Waals surface area (Å²) >= 11 is 0. The zero-order valence-corrected chi connectivity index (χ0v) is 22.2. The standard InChI is InChI=1S/C26H35N5O9/c1-13(2)9-19(24(37)29-18(26(39)40)7-8-21(32)33)31-25(38)20(30-23(36)16(27)11-22(34)35)10-14-12-28-17-6-4-3-5-15(14)17/h3-6,12-13,16,18-20,28H,7-11,27H2,1-2H3,(H,29,37)(H,30,36)(H,31,38)(H,32,33)(H,34,35)(H,39,40)/t16-,18-,19-,20-/m0/s1. The third-order valence-corrected chi connectivity index (χ3v) is 6.06. The van der Waals surface area contributed by atoms with E-state index in [0.717, 1.165) is 10.9 Å². The molecule has 218 valence electrons. The lowest BCUT2D eigenvalue weighted by Gasteiger charge is -2.26. The minimum Gasteiger partial charge on any atom is -0.481 e. The van der Waals surface area contributed by atoms with Crippen molar-refractivity contribution in [3.05, 3.63) is 36.0 Å². The van der Waals surface area contributed by atoms with Gasteiger partial charge in [0.2, 0.25) is 17.7 Å². The summed E-state index contributed by atoms with van der Waals surface area (Å²) in [6.07, 6.45) is 0.210. The number of nitrogens with two attached hydrogens (primary N) is 1. The Morgan fingerprint density at radius 3 is 2.05 bits per heavy atom. The van der Waals surface area contributed by atoms with Crippen LogP contribution in [0.3, 0.4) is 0 Å². The van der Waals surface area contributed by atoms with Gasteiger partial charge in [0.05, 0.1) is 12.5 Å². The van der Waals surface area contributed by atoms with Crippen molar-refractivity contribution < 1.29 is 44.1 Å². The van der Waals surface area contributed by atoms with Gasteiger partial charge in [-0.1, -0.05) is 32.0 Å². The summed E-state index contributed by atoms with van der Waals surface area (Å²) in [5, 5.41) is 35.4. The predicted octanol–water partition coefficient (Wildman–Crippen LogP) is -0.0377. The van der Waals surface area contributed by atoms with Crippen LogP contribution in [0.15, 0.2) is 30.5 Å². The number of carbonyl (C=O) groups is 6. The molecule has 3 amide bonds.